The summed E-state index contributed by atoms with van der Waals surface area (Å²) in [7, 11) is 0. The molecule has 0 saturated heterocycles. The highest BCUT2D eigenvalue weighted by atomic mass is 79.9. The van der Waals surface area contributed by atoms with Crippen LogP contribution < -0.4 is 11.3 Å². The number of nitrogens with one attached hydrogen (secondary N) is 1. The summed E-state index contributed by atoms with van der Waals surface area (Å²) in [5, 5.41) is 0. The SMILES string of the molecule is CC1(C)CCCC1C(Cc1cccc(Br)c1)NN. The largest absolute Gasteiger partial charge is 0.271 e. The maximum absolute atomic E-state index is 5.80. The molecule has 100 valence electrons. The second-order valence-corrected chi connectivity index (χ2v) is 7.01. The first-order valence-electron chi connectivity index (χ1n) is 6.73. The first-order chi connectivity index (χ1) is 8.53. The molecule has 3 heteroatoms. The van der Waals surface area contributed by atoms with Crippen LogP contribution in [0.15, 0.2) is 28.7 Å². The highest BCUT2D eigenvalue weighted by Gasteiger charge is 2.39. The zero-order chi connectivity index (χ0) is 13.2. The Morgan fingerprint density at radius 3 is 2.83 bits per heavy atom. The second kappa shape index (κ2) is 5.72. The van der Waals surface area contributed by atoms with Crippen molar-refractivity contribution < 1.29 is 0 Å². The van der Waals surface area contributed by atoms with Gasteiger partial charge in [0.05, 0.1) is 0 Å². The molecule has 1 aliphatic rings. The molecule has 0 aromatic heterocycles. The molecule has 0 bridgehead atoms. The van der Waals surface area contributed by atoms with Gasteiger partial charge in [-0.1, -0.05) is 48.3 Å². The lowest BCUT2D eigenvalue weighted by molar-refractivity contribution is 0.196. The molecule has 1 fully saturated rings. The standard InChI is InChI=1S/C15H23BrN2/c1-15(2)8-4-7-13(15)14(18-17)10-11-5-3-6-12(16)9-11/h3,5-6,9,13-14,18H,4,7-8,10,17H2,1-2H3. The monoisotopic (exact) mass is 310 g/mol. The van der Waals surface area contributed by atoms with Crippen LogP contribution in [0.25, 0.3) is 0 Å². The Bertz CT molecular complexity index is 403. The van der Waals surface area contributed by atoms with Gasteiger partial charge in [0.25, 0.3) is 0 Å². The molecule has 1 aliphatic carbocycles. The van der Waals surface area contributed by atoms with Crippen molar-refractivity contribution in [3.8, 4) is 0 Å². The molecular weight excluding hydrogens is 288 g/mol. The second-order valence-electron chi connectivity index (χ2n) is 6.09. The molecule has 3 N–H and O–H groups in total. The maximum Gasteiger partial charge on any atom is 0.0284 e. The van der Waals surface area contributed by atoms with E-state index in [4.69, 9.17) is 5.84 Å². The molecule has 2 unspecified atom stereocenters. The van der Waals surface area contributed by atoms with Gasteiger partial charge in [-0.05, 0) is 48.3 Å². The lowest BCUT2D eigenvalue weighted by Crippen LogP contribution is -2.45. The Morgan fingerprint density at radius 1 is 1.50 bits per heavy atom. The van der Waals surface area contributed by atoms with E-state index in [0.29, 0.717) is 17.4 Å². The molecule has 0 spiro atoms. The topological polar surface area (TPSA) is 38.0 Å². The van der Waals surface area contributed by atoms with E-state index < -0.39 is 0 Å². The number of hydrogen-bond acceptors (Lipinski definition) is 2. The number of hydrogen-bond donors (Lipinski definition) is 2. The molecule has 18 heavy (non-hydrogen) atoms. The minimum absolute atomic E-state index is 0.372. The third kappa shape index (κ3) is 3.14. The van der Waals surface area contributed by atoms with Crippen LogP contribution in [0, 0.1) is 11.3 Å². The Balaban J connectivity index is 2.10. The number of benzene rings is 1. The predicted octanol–water partition coefficient (Wildman–Crippen LogP) is 3.65. The van der Waals surface area contributed by atoms with E-state index in [9.17, 15) is 0 Å². The van der Waals surface area contributed by atoms with E-state index in [2.05, 4.69) is 59.5 Å². The molecule has 0 radical (unpaired) electrons. The van der Waals surface area contributed by atoms with E-state index >= 15 is 0 Å². The maximum atomic E-state index is 5.80. The van der Waals surface area contributed by atoms with Gasteiger partial charge in [0, 0.05) is 10.5 Å². The van der Waals surface area contributed by atoms with Crippen LogP contribution in [0.4, 0.5) is 0 Å². The van der Waals surface area contributed by atoms with Gasteiger partial charge in [-0.3, -0.25) is 11.3 Å². The van der Waals surface area contributed by atoms with Gasteiger partial charge in [0.15, 0.2) is 0 Å². The van der Waals surface area contributed by atoms with E-state index in [1.165, 1.54) is 24.8 Å². The van der Waals surface area contributed by atoms with Crippen molar-refractivity contribution in [3.63, 3.8) is 0 Å². The Labute approximate surface area is 118 Å². The van der Waals surface area contributed by atoms with Crippen LogP contribution in [0.1, 0.15) is 38.7 Å². The zero-order valence-electron chi connectivity index (χ0n) is 11.2. The molecule has 0 amide bonds. The first-order valence-corrected chi connectivity index (χ1v) is 7.53. The molecule has 2 nitrogen and oxygen atoms in total. The normalized spacial score (nSPS) is 24.1. The van der Waals surface area contributed by atoms with Gasteiger partial charge in [0.2, 0.25) is 0 Å². The van der Waals surface area contributed by atoms with Gasteiger partial charge < -0.3 is 0 Å². The molecule has 0 heterocycles. The fourth-order valence-electron chi connectivity index (χ4n) is 3.33. The van der Waals surface area contributed by atoms with Crippen LogP contribution in [0.3, 0.4) is 0 Å². The van der Waals surface area contributed by atoms with Gasteiger partial charge in [-0.15, -0.1) is 0 Å². The minimum Gasteiger partial charge on any atom is -0.271 e. The minimum atomic E-state index is 0.372. The summed E-state index contributed by atoms with van der Waals surface area (Å²) in [4.78, 5) is 0. The third-order valence-corrected chi connectivity index (χ3v) is 4.88. The van der Waals surface area contributed by atoms with Gasteiger partial charge in [0.1, 0.15) is 0 Å². The third-order valence-electron chi connectivity index (χ3n) is 4.38. The highest BCUT2D eigenvalue weighted by molar-refractivity contribution is 9.10. The van der Waals surface area contributed by atoms with Crippen molar-refractivity contribution in [2.75, 3.05) is 0 Å². The number of hydrazine groups is 1. The van der Waals surface area contributed by atoms with Gasteiger partial charge >= 0.3 is 0 Å². The predicted molar refractivity (Wildman–Crippen MR) is 80.1 cm³/mol. The first kappa shape index (κ1) is 14.0. The van der Waals surface area contributed by atoms with Crippen LogP contribution in [0.2, 0.25) is 0 Å². The summed E-state index contributed by atoms with van der Waals surface area (Å²) in [6.07, 6.45) is 4.93. The highest BCUT2D eigenvalue weighted by Crippen LogP contribution is 2.44. The summed E-state index contributed by atoms with van der Waals surface area (Å²) < 4.78 is 1.14. The summed E-state index contributed by atoms with van der Waals surface area (Å²) in [5.41, 5.74) is 4.80. The summed E-state index contributed by atoms with van der Waals surface area (Å²) >= 11 is 3.53. The number of nitrogens with two attached hydrogens (primary N) is 1. The molecule has 0 aliphatic heterocycles. The summed E-state index contributed by atoms with van der Waals surface area (Å²) in [6.45, 7) is 4.74. The smallest absolute Gasteiger partial charge is 0.0284 e. The zero-order valence-corrected chi connectivity index (χ0v) is 12.8. The van der Waals surface area contributed by atoms with E-state index in [0.717, 1.165) is 10.9 Å². The molecule has 1 aromatic carbocycles. The van der Waals surface area contributed by atoms with Crippen LogP contribution in [-0.2, 0) is 6.42 Å². The Kier molecular flexibility index (Phi) is 4.46. The molecular formula is C15H23BrN2. The van der Waals surface area contributed by atoms with Crippen LogP contribution in [-0.4, -0.2) is 6.04 Å². The van der Waals surface area contributed by atoms with Crippen molar-refractivity contribution in [1.29, 1.82) is 0 Å². The van der Waals surface area contributed by atoms with Crippen LogP contribution in [0.5, 0.6) is 0 Å². The Morgan fingerprint density at radius 2 is 2.28 bits per heavy atom. The van der Waals surface area contributed by atoms with E-state index in [1.54, 1.807) is 0 Å². The van der Waals surface area contributed by atoms with Gasteiger partial charge in [-0.2, -0.15) is 0 Å². The lowest BCUT2D eigenvalue weighted by atomic mass is 9.76. The quantitative estimate of drug-likeness (QED) is 0.658. The summed E-state index contributed by atoms with van der Waals surface area (Å²) in [5.74, 6) is 6.47. The van der Waals surface area contributed by atoms with Crippen molar-refractivity contribution in [1.82, 2.24) is 5.43 Å². The molecule has 2 atom stereocenters. The average molecular weight is 311 g/mol. The fraction of sp³-hybridized carbons (Fsp3) is 0.600. The fourth-order valence-corrected chi connectivity index (χ4v) is 3.78. The van der Waals surface area contributed by atoms with Crippen LogP contribution >= 0.6 is 15.9 Å². The Hall–Kier alpha value is -0.380. The average Bonchev–Trinajstić information content (AvgIpc) is 2.66. The lowest BCUT2D eigenvalue weighted by Gasteiger charge is -2.34. The summed E-state index contributed by atoms with van der Waals surface area (Å²) in [6, 6.07) is 8.89. The van der Waals surface area contributed by atoms with Crippen molar-refractivity contribution >= 4 is 15.9 Å². The molecule has 1 aromatic rings. The van der Waals surface area contributed by atoms with E-state index in [1.807, 2.05) is 0 Å². The van der Waals surface area contributed by atoms with Crippen molar-refractivity contribution in [2.45, 2.75) is 45.6 Å². The number of rotatable bonds is 4. The molecule has 2 rings (SSSR count). The van der Waals surface area contributed by atoms with Gasteiger partial charge in [-0.25, -0.2) is 0 Å². The van der Waals surface area contributed by atoms with E-state index in [-0.39, 0.29) is 0 Å². The molecule has 1 saturated carbocycles. The number of halogens is 1. The van der Waals surface area contributed by atoms with Crippen molar-refractivity contribution in [2.24, 2.45) is 17.2 Å². The van der Waals surface area contributed by atoms with Crippen molar-refractivity contribution in [3.05, 3.63) is 34.3 Å².